The number of amides is 1. The second-order valence-electron chi connectivity index (χ2n) is 5.73. The molecule has 3 rings (SSSR count). The molecule has 3 aromatic rings. The molecule has 2 aromatic heterocycles. The van der Waals surface area contributed by atoms with Crippen LogP contribution in [-0.2, 0) is 6.54 Å². The lowest BCUT2D eigenvalue weighted by molar-refractivity contribution is 0.0899. The maximum Gasteiger partial charge on any atom is 0.309 e. The number of hydrogen-bond acceptors (Lipinski definition) is 6. The fourth-order valence-corrected chi connectivity index (χ4v) is 2.61. The quantitative estimate of drug-likeness (QED) is 0.739. The van der Waals surface area contributed by atoms with Crippen LogP contribution in [0.5, 0.6) is 0 Å². The topological polar surface area (TPSA) is 110 Å². The Bertz CT molecular complexity index is 987. The summed E-state index contributed by atoms with van der Waals surface area (Å²) in [6.07, 6.45) is 1.81. The number of halogens is 1. The van der Waals surface area contributed by atoms with Crippen LogP contribution in [0.4, 0.5) is 0 Å². The summed E-state index contributed by atoms with van der Waals surface area (Å²) in [7, 11) is 0. The third-order valence-corrected chi connectivity index (χ3v) is 3.90. The smallest absolute Gasteiger partial charge is 0.309 e. The van der Waals surface area contributed by atoms with Crippen molar-refractivity contribution in [2.24, 2.45) is 0 Å². The second-order valence-corrected chi connectivity index (χ2v) is 6.14. The minimum absolute atomic E-state index is 0.0669. The molecule has 8 nitrogen and oxygen atoms in total. The predicted octanol–water partition coefficient (Wildman–Crippen LogP) is 2.59. The van der Waals surface area contributed by atoms with Gasteiger partial charge in [0.25, 0.3) is 0 Å². The summed E-state index contributed by atoms with van der Waals surface area (Å²) in [6.45, 7) is 3.93. The molecule has 1 N–H and O–H groups in total. The average Bonchev–Trinajstić information content (AvgIpc) is 3.24. The van der Waals surface area contributed by atoms with E-state index in [1.807, 2.05) is 19.1 Å². The summed E-state index contributed by atoms with van der Waals surface area (Å²) in [4.78, 5) is 12.0. The molecule has 9 heteroatoms. The van der Waals surface area contributed by atoms with Gasteiger partial charge in [0.2, 0.25) is 5.89 Å². The van der Waals surface area contributed by atoms with Crippen LogP contribution in [0.2, 0.25) is 5.02 Å². The number of nitriles is 1. The molecule has 0 spiro atoms. The number of benzene rings is 1. The molecule has 1 aromatic carbocycles. The molecule has 0 fully saturated rings. The number of carbonyl (C=O) groups excluding carboxylic acids is 1. The molecule has 0 saturated carbocycles. The van der Waals surface area contributed by atoms with Crippen LogP contribution in [0, 0.1) is 18.3 Å². The van der Waals surface area contributed by atoms with Crippen molar-refractivity contribution in [3.05, 3.63) is 52.8 Å². The summed E-state index contributed by atoms with van der Waals surface area (Å²) in [6, 6.07) is 8.82. The van der Waals surface area contributed by atoms with E-state index in [-0.39, 0.29) is 11.9 Å². The Kier molecular flexibility index (Phi) is 5.00. The van der Waals surface area contributed by atoms with Gasteiger partial charge in [0.1, 0.15) is 6.07 Å². The van der Waals surface area contributed by atoms with Gasteiger partial charge in [-0.3, -0.25) is 9.48 Å². The number of hydrogen-bond donors (Lipinski definition) is 1. The lowest BCUT2D eigenvalue weighted by Gasteiger charge is -2.12. The summed E-state index contributed by atoms with van der Waals surface area (Å²) in [5, 5.41) is 23.9. The van der Waals surface area contributed by atoms with Gasteiger partial charge < -0.3 is 9.73 Å². The maximum atomic E-state index is 12.0. The van der Waals surface area contributed by atoms with Gasteiger partial charge in [-0.25, -0.2) is 0 Å². The van der Waals surface area contributed by atoms with Crippen LogP contribution < -0.4 is 5.32 Å². The van der Waals surface area contributed by atoms with Gasteiger partial charge in [-0.05, 0) is 25.1 Å². The van der Waals surface area contributed by atoms with Crippen molar-refractivity contribution < 1.29 is 9.21 Å². The zero-order valence-corrected chi connectivity index (χ0v) is 14.9. The van der Waals surface area contributed by atoms with Gasteiger partial charge >= 0.3 is 11.8 Å². The molecule has 0 aliphatic rings. The van der Waals surface area contributed by atoms with Gasteiger partial charge in [-0.15, -0.1) is 10.2 Å². The highest BCUT2D eigenvalue weighted by Gasteiger charge is 2.16. The summed E-state index contributed by atoms with van der Waals surface area (Å²) < 4.78 is 6.81. The molecule has 132 valence electrons. The van der Waals surface area contributed by atoms with Gasteiger partial charge in [0.15, 0.2) is 0 Å². The largest absolute Gasteiger partial charge is 0.417 e. The minimum Gasteiger partial charge on any atom is -0.417 e. The molecular weight excluding hydrogens is 356 g/mol. The molecule has 1 atom stereocenters. The van der Waals surface area contributed by atoms with E-state index in [0.29, 0.717) is 23.0 Å². The normalized spacial score (nSPS) is 11.8. The molecule has 0 aliphatic heterocycles. The number of rotatable bonds is 5. The van der Waals surface area contributed by atoms with Crippen molar-refractivity contribution in [2.45, 2.75) is 26.4 Å². The molecule has 26 heavy (non-hydrogen) atoms. The summed E-state index contributed by atoms with van der Waals surface area (Å²) in [5.41, 5.74) is 1.95. The Morgan fingerprint density at radius 1 is 1.42 bits per heavy atom. The third-order valence-electron chi connectivity index (χ3n) is 3.58. The van der Waals surface area contributed by atoms with E-state index >= 15 is 0 Å². The number of aryl methyl sites for hydroxylation is 1. The fourth-order valence-electron chi connectivity index (χ4n) is 2.38. The van der Waals surface area contributed by atoms with Crippen molar-refractivity contribution >= 4 is 17.5 Å². The highest BCUT2D eigenvalue weighted by molar-refractivity contribution is 6.32. The molecule has 0 radical (unpaired) electrons. The number of carbonyl (C=O) groups is 1. The molecule has 1 amide bonds. The van der Waals surface area contributed by atoms with Crippen LogP contribution in [-0.4, -0.2) is 31.9 Å². The molecule has 2 heterocycles. The molecule has 0 aliphatic carbocycles. The number of nitrogens with one attached hydrogen (secondary N) is 1. The van der Waals surface area contributed by atoms with Gasteiger partial charge in [-0.1, -0.05) is 17.7 Å². The Balaban J connectivity index is 1.65. The first-order valence-corrected chi connectivity index (χ1v) is 8.18. The van der Waals surface area contributed by atoms with Crippen LogP contribution in [0.15, 0.2) is 34.9 Å². The Morgan fingerprint density at radius 2 is 2.23 bits per heavy atom. The van der Waals surface area contributed by atoms with Crippen molar-refractivity contribution in [3.63, 3.8) is 0 Å². The predicted molar refractivity (Wildman–Crippen MR) is 93.4 cm³/mol. The van der Waals surface area contributed by atoms with E-state index in [1.54, 1.807) is 36.0 Å². The van der Waals surface area contributed by atoms with E-state index in [2.05, 4.69) is 20.6 Å². The maximum absolute atomic E-state index is 12.0. The van der Waals surface area contributed by atoms with E-state index < -0.39 is 5.91 Å². The Morgan fingerprint density at radius 3 is 2.88 bits per heavy atom. The zero-order chi connectivity index (χ0) is 18.7. The van der Waals surface area contributed by atoms with Gasteiger partial charge in [-0.2, -0.15) is 10.4 Å². The van der Waals surface area contributed by atoms with E-state index in [0.717, 1.165) is 11.3 Å². The van der Waals surface area contributed by atoms with Gasteiger partial charge in [0, 0.05) is 24.7 Å². The standard InChI is InChI=1S/C17H15ClN6O2/c1-10(20-16(25)17-22-21-11(2)26-17)9-24-6-5-15(23-24)12-3-4-13(8-19)14(18)7-12/h3-7,10H,9H2,1-2H3,(H,20,25). The number of nitrogens with zero attached hydrogens (tertiary/aromatic N) is 5. The SMILES string of the molecule is Cc1nnc(C(=O)NC(C)Cn2ccc(-c3ccc(C#N)c(Cl)c3)n2)o1. The van der Waals surface area contributed by atoms with Crippen molar-refractivity contribution in [3.8, 4) is 17.3 Å². The molecule has 1 unspecified atom stereocenters. The first-order valence-electron chi connectivity index (χ1n) is 7.80. The number of aromatic nitrogens is 4. The summed E-state index contributed by atoms with van der Waals surface area (Å²) >= 11 is 6.06. The first-order chi connectivity index (χ1) is 12.5. The van der Waals surface area contributed by atoms with Crippen LogP contribution >= 0.6 is 11.6 Å². The highest BCUT2D eigenvalue weighted by atomic mass is 35.5. The molecule has 0 bridgehead atoms. The summed E-state index contributed by atoms with van der Waals surface area (Å²) in [5.74, 6) is -0.160. The third kappa shape index (κ3) is 3.90. The lowest BCUT2D eigenvalue weighted by Crippen LogP contribution is -2.36. The Labute approximate surface area is 154 Å². The monoisotopic (exact) mass is 370 g/mol. The van der Waals surface area contributed by atoms with Crippen molar-refractivity contribution in [2.75, 3.05) is 0 Å². The van der Waals surface area contributed by atoms with E-state index in [4.69, 9.17) is 21.3 Å². The van der Waals surface area contributed by atoms with Crippen LogP contribution in [0.3, 0.4) is 0 Å². The fraction of sp³-hybridized carbons (Fsp3) is 0.235. The molecular formula is C17H15ClN6O2. The lowest BCUT2D eigenvalue weighted by atomic mass is 10.1. The van der Waals surface area contributed by atoms with Crippen LogP contribution in [0.25, 0.3) is 11.3 Å². The van der Waals surface area contributed by atoms with E-state index in [1.165, 1.54) is 0 Å². The Hall–Kier alpha value is -3.18. The molecule has 0 saturated heterocycles. The van der Waals surface area contributed by atoms with Crippen LogP contribution in [0.1, 0.15) is 29.1 Å². The highest BCUT2D eigenvalue weighted by Crippen LogP contribution is 2.24. The first kappa shape index (κ1) is 17.6. The van der Waals surface area contributed by atoms with Crippen molar-refractivity contribution in [1.82, 2.24) is 25.3 Å². The van der Waals surface area contributed by atoms with E-state index in [9.17, 15) is 4.79 Å². The minimum atomic E-state index is -0.427. The van der Waals surface area contributed by atoms with Crippen molar-refractivity contribution in [1.29, 1.82) is 5.26 Å². The average molecular weight is 371 g/mol. The van der Waals surface area contributed by atoms with Gasteiger partial charge in [0.05, 0.1) is 22.8 Å². The second kappa shape index (κ2) is 7.37. The zero-order valence-electron chi connectivity index (χ0n) is 14.1.